The number of unbranched alkanes of at least 4 members (excludes halogenated alkanes) is 51. The lowest BCUT2D eigenvalue weighted by atomic mass is 10.0. The first-order chi connectivity index (χ1) is 45.6. The van der Waals surface area contributed by atoms with E-state index in [1.165, 1.54) is 308 Å². The van der Waals surface area contributed by atoms with Gasteiger partial charge in [0.25, 0.3) is 0 Å². The van der Waals surface area contributed by atoms with Gasteiger partial charge in [-0.25, -0.2) is 0 Å². The van der Waals surface area contributed by atoms with Gasteiger partial charge in [-0.1, -0.05) is 370 Å². The maximum atomic E-state index is 13.0. The van der Waals surface area contributed by atoms with E-state index >= 15 is 0 Å². The highest BCUT2D eigenvalue weighted by molar-refractivity contribution is 5.70. The fourth-order valence-corrected chi connectivity index (χ4v) is 12.1. The average molecular weight is 1310 g/mol. The van der Waals surface area contributed by atoms with Gasteiger partial charge < -0.3 is 33.3 Å². The van der Waals surface area contributed by atoms with Crippen molar-refractivity contribution >= 4 is 17.9 Å². The minimum Gasteiger partial charge on any atom is -0.545 e. The van der Waals surface area contributed by atoms with Gasteiger partial charge in [0.15, 0.2) is 12.4 Å². The van der Waals surface area contributed by atoms with Crippen LogP contribution in [0.2, 0.25) is 0 Å². The number of ether oxygens (including phenoxy) is 4. The summed E-state index contributed by atoms with van der Waals surface area (Å²) in [5.41, 5.74) is 0. The van der Waals surface area contributed by atoms with E-state index in [4.69, 9.17) is 18.9 Å². The van der Waals surface area contributed by atoms with Crippen LogP contribution in [0.3, 0.4) is 0 Å². The molecule has 93 heavy (non-hydrogen) atoms. The Morgan fingerprint density at radius 3 is 0.925 bits per heavy atom. The summed E-state index contributed by atoms with van der Waals surface area (Å²) in [5, 5.41) is 11.9. The molecule has 2 atom stereocenters. The first kappa shape index (κ1) is 90.0. The van der Waals surface area contributed by atoms with Gasteiger partial charge >= 0.3 is 11.9 Å². The third-order valence-electron chi connectivity index (χ3n) is 18.2. The Kier molecular flexibility index (Phi) is 72.4. The third kappa shape index (κ3) is 76.2. The molecule has 0 aromatic carbocycles. The Bertz CT molecular complexity index is 1710. The van der Waals surface area contributed by atoms with Crippen molar-refractivity contribution in [2.45, 2.75) is 411 Å². The van der Waals surface area contributed by atoms with E-state index in [-0.39, 0.29) is 32.2 Å². The van der Waals surface area contributed by atoms with Crippen molar-refractivity contribution < 1.29 is 42.9 Å². The Morgan fingerprint density at radius 2 is 0.613 bits per heavy atom. The molecule has 0 bridgehead atoms. The molecule has 0 aliphatic carbocycles. The number of likely N-dealkylation sites (N-methyl/N-ethyl adjacent to an activating group) is 1. The maximum absolute atomic E-state index is 13.0. The highest BCUT2D eigenvalue weighted by atomic mass is 16.7. The van der Waals surface area contributed by atoms with Gasteiger partial charge in [-0.3, -0.25) is 9.59 Å². The number of rotatable bonds is 76. The lowest BCUT2D eigenvalue weighted by Gasteiger charge is -2.26. The Morgan fingerprint density at radius 1 is 0.333 bits per heavy atom. The molecule has 9 nitrogen and oxygen atoms in total. The topological polar surface area (TPSA) is 111 Å². The molecule has 0 saturated carbocycles. The summed E-state index contributed by atoms with van der Waals surface area (Å²) in [4.78, 5) is 37.6. The molecule has 544 valence electrons. The second-order valence-corrected chi connectivity index (χ2v) is 28.7. The molecule has 0 aliphatic rings. The number of carboxylic acids is 1. The van der Waals surface area contributed by atoms with Gasteiger partial charge in [-0.05, 0) is 77.0 Å². The normalized spacial score (nSPS) is 12.9. The van der Waals surface area contributed by atoms with E-state index in [1.54, 1.807) is 0 Å². The summed E-state index contributed by atoms with van der Waals surface area (Å²) >= 11 is 0. The van der Waals surface area contributed by atoms with Crippen LogP contribution in [0.5, 0.6) is 0 Å². The number of hydrogen-bond acceptors (Lipinski definition) is 8. The molecule has 0 amide bonds. The molecule has 0 radical (unpaired) electrons. The van der Waals surface area contributed by atoms with Crippen LogP contribution < -0.4 is 5.11 Å². The van der Waals surface area contributed by atoms with Gasteiger partial charge in [0, 0.05) is 12.8 Å². The molecule has 0 spiro atoms. The zero-order chi connectivity index (χ0) is 67.5. The fourth-order valence-electron chi connectivity index (χ4n) is 12.1. The van der Waals surface area contributed by atoms with Crippen molar-refractivity contribution in [3.05, 3.63) is 60.8 Å². The highest BCUT2D eigenvalue weighted by Crippen LogP contribution is 2.20. The number of carboxylic acid groups (broad SMARTS) is 1. The number of aliphatic carboxylic acids is 1. The molecule has 0 heterocycles. The second-order valence-electron chi connectivity index (χ2n) is 28.7. The first-order valence-corrected chi connectivity index (χ1v) is 40.4. The van der Waals surface area contributed by atoms with Crippen LogP contribution in [0.25, 0.3) is 0 Å². The minimum atomic E-state index is -1.62. The SMILES string of the molecule is CC/C=C\C/C=C\C/C=C\C/C=C\CCCCCCCCCCCCCCCCC(=O)OC(COC(=O)CCCCCCCCCCCCCCCCCCCCCCCCCCCCCCC/C=C\CCCCCCCCCC)COC(OCC[N+](C)(C)C)C(=O)[O-]. The molecular formula is C84H155NO8. The summed E-state index contributed by atoms with van der Waals surface area (Å²) in [6, 6.07) is 0. The molecule has 0 fully saturated rings. The Labute approximate surface area is 577 Å². The van der Waals surface area contributed by atoms with E-state index in [9.17, 15) is 19.5 Å². The molecule has 0 N–H and O–H groups in total. The van der Waals surface area contributed by atoms with E-state index in [0.717, 1.165) is 57.8 Å². The summed E-state index contributed by atoms with van der Waals surface area (Å²) in [7, 11) is 5.95. The van der Waals surface area contributed by atoms with Crippen LogP contribution >= 0.6 is 0 Å². The van der Waals surface area contributed by atoms with Gasteiger partial charge in [0.05, 0.1) is 40.3 Å². The van der Waals surface area contributed by atoms with Crippen molar-refractivity contribution in [3.63, 3.8) is 0 Å². The number of esters is 2. The van der Waals surface area contributed by atoms with Crippen LogP contribution in [0, 0.1) is 0 Å². The number of hydrogen-bond donors (Lipinski definition) is 0. The van der Waals surface area contributed by atoms with Crippen molar-refractivity contribution in [3.8, 4) is 0 Å². The number of allylic oxidation sites excluding steroid dienone is 10. The van der Waals surface area contributed by atoms with Crippen LogP contribution in [0.15, 0.2) is 60.8 Å². The molecule has 2 unspecified atom stereocenters. The number of nitrogens with zero attached hydrogens (tertiary/aromatic N) is 1. The predicted molar refractivity (Wildman–Crippen MR) is 399 cm³/mol. The predicted octanol–water partition coefficient (Wildman–Crippen LogP) is 24.5. The molecule has 0 aromatic heterocycles. The monoisotopic (exact) mass is 1310 g/mol. The van der Waals surface area contributed by atoms with Crippen molar-refractivity contribution in [1.82, 2.24) is 0 Å². The molecular weight excluding hydrogens is 1150 g/mol. The molecule has 0 aromatic rings. The van der Waals surface area contributed by atoms with E-state index in [1.807, 2.05) is 21.1 Å². The Balaban J connectivity index is 3.93. The Hall–Kier alpha value is -3.01. The third-order valence-corrected chi connectivity index (χ3v) is 18.2. The minimum absolute atomic E-state index is 0.149. The van der Waals surface area contributed by atoms with Crippen molar-refractivity contribution in [2.24, 2.45) is 0 Å². The van der Waals surface area contributed by atoms with Crippen molar-refractivity contribution in [1.29, 1.82) is 0 Å². The van der Waals surface area contributed by atoms with Crippen molar-refractivity contribution in [2.75, 3.05) is 47.5 Å². The smallest absolute Gasteiger partial charge is 0.306 e. The lowest BCUT2D eigenvalue weighted by Crippen LogP contribution is -2.44. The van der Waals surface area contributed by atoms with Gasteiger partial charge in [0.1, 0.15) is 13.2 Å². The van der Waals surface area contributed by atoms with Gasteiger partial charge in [0.2, 0.25) is 0 Å². The maximum Gasteiger partial charge on any atom is 0.306 e. The number of quaternary nitrogens is 1. The van der Waals surface area contributed by atoms with Gasteiger partial charge in [-0.15, -0.1) is 0 Å². The quantitative estimate of drug-likeness (QED) is 0.0195. The zero-order valence-electron chi connectivity index (χ0n) is 62.4. The van der Waals surface area contributed by atoms with E-state index < -0.39 is 24.3 Å². The summed E-state index contributed by atoms with van der Waals surface area (Å²) in [6.07, 6.45) is 96.5. The fraction of sp³-hybridized carbons (Fsp3) is 0.845. The molecule has 0 rings (SSSR count). The summed E-state index contributed by atoms with van der Waals surface area (Å²) < 4.78 is 22.9. The van der Waals surface area contributed by atoms with Crippen LogP contribution in [-0.2, 0) is 33.3 Å². The van der Waals surface area contributed by atoms with Crippen LogP contribution in [0.1, 0.15) is 399 Å². The second kappa shape index (κ2) is 74.8. The number of carbonyl (C=O) groups is 3. The lowest BCUT2D eigenvalue weighted by molar-refractivity contribution is -0.870. The molecule has 0 saturated heterocycles. The van der Waals surface area contributed by atoms with Crippen LogP contribution in [0.4, 0.5) is 0 Å². The molecule has 9 heteroatoms. The number of carbonyl (C=O) groups excluding carboxylic acids is 3. The van der Waals surface area contributed by atoms with Crippen LogP contribution in [-0.4, -0.2) is 82.3 Å². The first-order valence-electron chi connectivity index (χ1n) is 40.4. The highest BCUT2D eigenvalue weighted by Gasteiger charge is 2.22. The summed E-state index contributed by atoms with van der Waals surface area (Å²) in [5.74, 6) is -2.26. The summed E-state index contributed by atoms with van der Waals surface area (Å²) in [6.45, 7) is 4.70. The largest absolute Gasteiger partial charge is 0.545 e. The van der Waals surface area contributed by atoms with Gasteiger partial charge in [-0.2, -0.15) is 0 Å². The average Bonchev–Trinajstić information content (AvgIpc) is 3.38. The van der Waals surface area contributed by atoms with E-state index in [2.05, 4.69) is 74.6 Å². The standard InChI is InChI=1S/C84H155NO8/c1-6-8-10-12-14-16-18-20-22-24-26-28-30-32-34-35-36-37-38-39-40-41-42-43-44-45-46-47-49-50-52-54-56-58-60-62-64-66-68-70-72-74-81(86)91-78-80(79-92-84(83(88)89)90-77-76-85(3,4)5)93-82(87)75-73-71-69-67-65-63-61-59-57-55-53-51-48-33-31-29-27-25-23-21-19-17-15-13-11-9-7-2/h9,11,15,17,21,23-24,26-27,29,80,84H,6-8,10,12-14,16,18-20,22,25,28,30-79H2,1-5H3/b11-9-,17-15-,23-21-,26-24-,29-27-. The zero-order valence-corrected chi connectivity index (χ0v) is 62.4. The van der Waals surface area contributed by atoms with E-state index in [0.29, 0.717) is 23.9 Å². The molecule has 0 aliphatic heterocycles.